The molecule has 2 aromatic rings. The third-order valence-corrected chi connectivity index (χ3v) is 6.68. The number of hydrogen-bond donors (Lipinski definition) is 4. The molecule has 1 heterocycles. The summed E-state index contributed by atoms with van der Waals surface area (Å²) in [5.41, 5.74) is 3.10. The fraction of sp³-hybridized carbons (Fsp3) is 0.455. The second-order valence-corrected chi connectivity index (χ2v) is 9.41. The summed E-state index contributed by atoms with van der Waals surface area (Å²) >= 11 is 0. The van der Waals surface area contributed by atoms with Crippen LogP contribution in [0.5, 0.6) is 5.75 Å². The molecule has 4 N–H and O–H groups in total. The van der Waals surface area contributed by atoms with Gasteiger partial charge in [-0.15, -0.1) is 0 Å². The molecule has 8 heteroatoms. The molecule has 0 amide bonds. The number of benzene rings is 2. The van der Waals surface area contributed by atoms with Crippen LogP contribution >= 0.6 is 0 Å². The third kappa shape index (κ3) is 6.26. The van der Waals surface area contributed by atoms with Crippen LogP contribution in [0.2, 0.25) is 0 Å². The van der Waals surface area contributed by atoms with E-state index in [1.165, 1.54) is 5.56 Å². The van der Waals surface area contributed by atoms with Crippen molar-refractivity contribution >= 4 is 10.0 Å². The predicted octanol–water partition coefficient (Wildman–Crippen LogP) is 1.69. The van der Waals surface area contributed by atoms with Gasteiger partial charge in [-0.2, -0.15) is 0 Å². The molecule has 0 aliphatic carbocycles. The summed E-state index contributed by atoms with van der Waals surface area (Å²) in [5.74, 6) is 0.470. The number of nitrogens with one attached hydrogen (secondary N) is 3. The van der Waals surface area contributed by atoms with Crippen molar-refractivity contribution in [3.63, 3.8) is 0 Å². The van der Waals surface area contributed by atoms with Crippen molar-refractivity contribution < 1.29 is 18.3 Å². The lowest BCUT2D eigenvalue weighted by Crippen LogP contribution is -2.45. The van der Waals surface area contributed by atoms with Crippen LogP contribution in [0, 0.1) is 0 Å². The number of rotatable bonds is 10. The molecular formula is C22H31N3O4S. The molecule has 2 unspecified atom stereocenters. The van der Waals surface area contributed by atoms with Crippen LogP contribution in [-0.2, 0) is 23.1 Å². The highest BCUT2D eigenvalue weighted by Gasteiger charge is 2.25. The SMILES string of the molecule is COc1ccc(CNS(=O)(=O)CCO)cc1CNC1CCCNC1c1ccccc1. The first-order chi connectivity index (χ1) is 14.5. The summed E-state index contributed by atoms with van der Waals surface area (Å²) in [4.78, 5) is 0. The van der Waals surface area contributed by atoms with Gasteiger partial charge < -0.3 is 20.5 Å². The maximum Gasteiger partial charge on any atom is 0.214 e. The maximum atomic E-state index is 11.8. The molecule has 3 rings (SSSR count). The average molecular weight is 434 g/mol. The fourth-order valence-corrected chi connectivity index (χ4v) is 4.60. The van der Waals surface area contributed by atoms with Crippen LogP contribution in [0.4, 0.5) is 0 Å². The van der Waals surface area contributed by atoms with Gasteiger partial charge >= 0.3 is 0 Å². The Bertz CT molecular complexity index is 906. The summed E-state index contributed by atoms with van der Waals surface area (Å²) in [6.45, 7) is 1.41. The van der Waals surface area contributed by atoms with E-state index in [1.807, 2.05) is 24.3 Å². The summed E-state index contributed by atoms with van der Waals surface area (Å²) in [6, 6.07) is 16.7. The Morgan fingerprint density at radius 3 is 2.70 bits per heavy atom. The highest BCUT2D eigenvalue weighted by Crippen LogP contribution is 2.25. The number of sulfonamides is 1. The standard InChI is InChI=1S/C22H31N3O4S/c1-29-21-10-9-17(15-25-30(27,28)13-12-26)14-19(21)16-24-20-8-5-11-23-22(20)18-6-3-2-4-7-18/h2-4,6-7,9-10,14,20,22-26H,5,8,11-13,15-16H2,1H3. The predicted molar refractivity (Wildman–Crippen MR) is 118 cm³/mol. The van der Waals surface area contributed by atoms with E-state index in [1.54, 1.807) is 7.11 Å². The Morgan fingerprint density at radius 2 is 1.97 bits per heavy atom. The van der Waals surface area contributed by atoms with Gasteiger partial charge in [-0.25, -0.2) is 13.1 Å². The van der Waals surface area contributed by atoms with Crippen molar-refractivity contribution in [1.29, 1.82) is 0 Å². The monoisotopic (exact) mass is 433 g/mol. The van der Waals surface area contributed by atoms with E-state index in [0.29, 0.717) is 6.54 Å². The first-order valence-corrected chi connectivity index (χ1v) is 11.9. The van der Waals surface area contributed by atoms with Crippen molar-refractivity contribution in [2.24, 2.45) is 0 Å². The third-order valence-electron chi connectivity index (χ3n) is 5.37. The zero-order chi connectivity index (χ0) is 21.4. The lowest BCUT2D eigenvalue weighted by molar-refractivity contribution is 0.303. The van der Waals surface area contributed by atoms with Crippen molar-refractivity contribution in [1.82, 2.24) is 15.4 Å². The van der Waals surface area contributed by atoms with Crippen LogP contribution in [0.15, 0.2) is 48.5 Å². The Balaban J connectivity index is 1.68. The summed E-state index contributed by atoms with van der Waals surface area (Å²) < 4.78 is 31.6. The number of piperidine rings is 1. The van der Waals surface area contributed by atoms with E-state index in [4.69, 9.17) is 9.84 Å². The van der Waals surface area contributed by atoms with Gasteiger partial charge in [-0.1, -0.05) is 36.4 Å². The van der Waals surface area contributed by atoms with Gasteiger partial charge in [0, 0.05) is 30.7 Å². The van der Waals surface area contributed by atoms with Crippen LogP contribution in [0.1, 0.15) is 35.6 Å². The molecule has 0 spiro atoms. The molecule has 0 bridgehead atoms. The molecule has 2 aromatic carbocycles. The fourth-order valence-electron chi connectivity index (χ4n) is 3.83. The average Bonchev–Trinajstić information content (AvgIpc) is 2.77. The highest BCUT2D eigenvalue weighted by molar-refractivity contribution is 7.89. The van der Waals surface area contributed by atoms with Crippen LogP contribution in [0.25, 0.3) is 0 Å². The van der Waals surface area contributed by atoms with Crippen LogP contribution in [-0.4, -0.2) is 45.6 Å². The van der Waals surface area contributed by atoms with Crippen molar-refractivity contribution in [3.05, 3.63) is 65.2 Å². The van der Waals surface area contributed by atoms with E-state index in [-0.39, 0.29) is 24.4 Å². The second kappa shape index (κ2) is 10.9. The van der Waals surface area contributed by atoms with Gasteiger partial charge in [0.2, 0.25) is 10.0 Å². The van der Waals surface area contributed by atoms with Gasteiger partial charge in [0.1, 0.15) is 5.75 Å². The van der Waals surface area contributed by atoms with Crippen molar-refractivity contribution in [2.45, 2.75) is 38.0 Å². The molecule has 0 radical (unpaired) electrons. The Morgan fingerprint density at radius 1 is 1.17 bits per heavy atom. The van der Waals surface area contributed by atoms with E-state index in [0.717, 1.165) is 36.3 Å². The summed E-state index contributed by atoms with van der Waals surface area (Å²) in [6.07, 6.45) is 2.19. The summed E-state index contributed by atoms with van der Waals surface area (Å²) in [5, 5.41) is 16.1. The zero-order valence-corrected chi connectivity index (χ0v) is 18.1. The Kier molecular flexibility index (Phi) is 8.24. The molecule has 0 saturated carbocycles. The zero-order valence-electron chi connectivity index (χ0n) is 17.3. The Hall–Kier alpha value is -1.97. The lowest BCUT2D eigenvalue weighted by Gasteiger charge is -2.34. The van der Waals surface area contributed by atoms with E-state index in [9.17, 15) is 8.42 Å². The van der Waals surface area contributed by atoms with E-state index in [2.05, 4.69) is 39.6 Å². The largest absolute Gasteiger partial charge is 0.496 e. The minimum absolute atomic E-state index is 0.178. The molecule has 0 aromatic heterocycles. The number of methoxy groups -OCH3 is 1. The van der Waals surface area contributed by atoms with E-state index >= 15 is 0 Å². The number of aliphatic hydroxyl groups is 1. The summed E-state index contributed by atoms with van der Waals surface area (Å²) in [7, 11) is -1.84. The van der Waals surface area contributed by atoms with Crippen LogP contribution in [0.3, 0.4) is 0 Å². The molecule has 7 nitrogen and oxygen atoms in total. The van der Waals surface area contributed by atoms with Crippen molar-refractivity contribution in [2.75, 3.05) is 26.0 Å². The molecule has 164 valence electrons. The highest BCUT2D eigenvalue weighted by atomic mass is 32.2. The molecule has 1 fully saturated rings. The first-order valence-electron chi connectivity index (χ1n) is 10.3. The maximum absolute atomic E-state index is 11.8. The topological polar surface area (TPSA) is 99.7 Å². The van der Waals surface area contributed by atoms with Gasteiger partial charge in [-0.05, 0) is 42.6 Å². The molecule has 30 heavy (non-hydrogen) atoms. The molecule has 1 aliphatic heterocycles. The first kappa shape index (κ1) is 22.7. The Labute approximate surface area is 178 Å². The molecule has 1 aliphatic rings. The van der Waals surface area contributed by atoms with Crippen LogP contribution < -0.4 is 20.1 Å². The van der Waals surface area contributed by atoms with E-state index < -0.39 is 16.6 Å². The molecule has 2 atom stereocenters. The molecular weight excluding hydrogens is 402 g/mol. The van der Waals surface area contributed by atoms with Gasteiger partial charge in [0.05, 0.1) is 19.5 Å². The number of aliphatic hydroxyl groups excluding tert-OH is 1. The normalized spacial score (nSPS) is 19.5. The second-order valence-electron chi connectivity index (χ2n) is 7.48. The van der Waals surface area contributed by atoms with Gasteiger partial charge in [0.15, 0.2) is 0 Å². The number of hydrogen-bond acceptors (Lipinski definition) is 6. The van der Waals surface area contributed by atoms with Gasteiger partial charge in [-0.3, -0.25) is 0 Å². The minimum atomic E-state index is -3.48. The number of ether oxygens (including phenoxy) is 1. The molecule has 1 saturated heterocycles. The minimum Gasteiger partial charge on any atom is -0.496 e. The smallest absolute Gasteiger partial charge is 0.214 e. The lowest BCUT2D eigenvalue weighted by atomic mass is 9.92. The van der Waals surface area contributed by atoms with Crippen molar-refractivity contribution in [3.8, 4) is 5.75 Å². The van der Waals surface area contributed by atoms with Gasteiger partial charge in [0.25, 0.3) is 0 Å². The quantitative estimate of drug-likeness (QED) is 0.455.